The fourth-order valence-corrected chi connectivity index (χ4v) is 2.77. The summed E-state index contributed by atoms with van der Waals surface area (Å²) in [6, 6.07) is 1.26. The Hall–Kier alpha value is -2.44. The van der Waals surface area contributed by atoms with Crippen LogP contribution in [-0.2, 0) is 4.79 Å². The molecule has 3 rings (SSSR count). The molecule has 7 heteroatoms. The Balaban J connectivity index is 1.96. The highest BCUT2D eigenvalue weighted by atomic mass is 16.5. The van der Waals surface area contributed by atoms with E-state index in [1.807, 2.05) is 13.8 Å². The molecule has 122 valence electrons. The number of nitrogens with zero attached hydrogens (tertiary/aromatic N) is 3. The van der Waals surface area contributed by atoms with Gasteiger partial charge in [-0.25, -0.2) is 4.98 Å². The topological polar surface area (TPSA) is 88.3 Å². The van der Waals surface area contributed by atoms with Gasteiger partial charge in [0.25, 0.3) is 11.6 Å². The van der Waals surface area contributed by atoms with Gasteiger partial charge in [-0.2, -0.15) is 0 Å². The van der Waals surface area contributed by atoms with E-state index in [-0.39, 0.29) is 17.7 Å². The van der Waals surface area contributed by atoms with Crippen molar-refractivity contribution in [3.8, 4) is 0 Å². The summed E-state index contributed by atoms with van der Waals surface area (Å²) in [4.78, 5) is 30.5. The van der Waals surface area contributed by atoms with Crippen LogP contribution >= 0.6 is 0 Å². The van der Waals surface area contributed by atoms with Gasteiger partial charge in [-0.1, -0.05) is 19.0 Å². The van der Waals surface area contributed by atoms with E-state index in [0.29, 0.717) is 24.4 Å². The van der Waals surface area contributed by atoms with Crippen molar-refractivity contribution in [1.82, 2.24) is 20.4 Å². The number of fused-ring (bicyclic) bond motifs is 1. The summed E-state index contributed by atoms with van der Waals surface area (Å²) in [7, 11) is 0. The first-order valence-electron chi connectivity index (χ1n) is 7.83. The summed E-state index contributed by atoms with van der Waals surface area (Å²) >= 11 is 0. The fourth-order valence-electron chi connectivity index (χ4n) is 2.77. The smallest absolute Gasteiger partial charge is 0.257 e. The van der Waals surface area contributed by atoms with Gasteiger partial charge in [-0.15, -0.1) is 0 Å². The van der Waals surface area contributed by atoms with E-state index in [0.717, 1.165) is 17.5 Å². The van der Waals surface area contributed by atoms with Gasteiger partial charge in [-0.3, -0.25) is 9.59 Å². The number of carbonyl (C=O) groups excluding carboxylic acids is 2. The zero-order chi connectivity index (χ0) is 16.6. The van der Waals surface area contributed by atoms with E-state index in [2.05, 4.69) is 15.5 Å². The van der Waals surface area contributed by atoms with Crippen molar-refractivity contribution < 1.29 is 14.1 Å². The lowest BCUT2D eigenvalue weighted by Crippen LogP contribution is -2.45. The van der Waals surface area contributed by atoms with E-state index in [1.54, 1.807) is 17.9 Å². The number of carbonyl (C=O) groups is 2. The lowest BCUT2D eigenvalue weighted by molar-refractivity contribution is -0.124. The maximum absolute atomic E-state index is 12.8. The van der Waals surface area contributed by atoms with Crippen LogP contribution in [0.1, 0.15) is 49.2 Å². The van der Waals surface area contributed by atoms with E-state index in [4.69, 9.17) is 4.52 Å². The Kier molecular flexibility index (Phi) is 4.02. The summed E-state index contributed by atoms with van der Waals surface area (Å²) < 4.78 is 5.20. The van der Waals surface area contributed by atoms with Crippen LogP contribution < -0.4 is 5.32 Å². The molecule has 23 heavy (non-hydrogen) atoms. The minimum absolute atomic E-state index is 0.127. The molecule has 0 radical (unpaired) electrons. The molecule has 0 unspecified atom stereocenters. The van der Waals surface area contributed by atoms with Crippen molar-refractivity contribution in [3.63, 3.8) is 0 Å². The van der Waals surface area contributed by atoms with Gasteiger partial charge >= 0.3 is 0 Å². The van der Waals surface area contributed by atoms with Crippen LogP contribution in [0.2, 0.25) is 0 Å². The highest BCUT2D eigenvalue weighted by Gasteiger charge is 2.29. The number of amides is 2. The molecule has 1 saturated heterocycles. The number of hydrogen-bond acceptors (Lipinski definition) is 5. The molecule has 0 aromatic carbocycles. The quantitative estimate of drug-likeness (QED) is 0.911. The average molecular weight is 316 g/mol. The second-order valence-electron chi connectivity index (χ2n) is 6.12. The number of rotatable bonds is 2. The minimum Gasteiger partial charge on any atom is -0.354 e. The van der Waals surface area contributed by atoms with Crippen molar-refractivity contribution in [3.05, 3.63) is 23.5 Å². The Labute approximate surface area is 134 Å². The van der Waals surface area contributed by atoms with Crippen molar-refractivity contribution in [2.24, 2.45) is 0 Å². The van der Waals surface area contributed by atoms with Crippen LogP contribution in [0.4, 0.5) is 0 Å². The highest BCUT2D eigenvalue weighted by molar-refractivity contribution is 5.99. The second-order valence-corrected chi connectivity index (χ2v) is 6.12. The SMILES string of the molecule is CC(C)c1noc2ncc(C(=O)N3CCCNC(=O)[C@@H]3C)cc12. The average Bonchev–Trinajstić information content (AvgIpc) is 2.89. The van der Waals surface area contributed by atoms with Crippen LogP contribution in [0.5, 0.6) is 0 Å². The molecule has 2 aromatic rings. The summed E-state index contributed by atoms with van der Waals surface area (Å²) in [6.45, 7) is 6.88. The molecule has 1 fully saturated rings. The molecule has 1 atom stereocenters. The second kappa shape index (κ2) is 5.98. The molecular formula is C16H20N4O3. The van der Waals surface area contributed by atoms with Crippen molar-refractivity contribution in [2.45, 2.75) is 39.2 Å². The molecule has 2 aromatic heterocycles. The Morgan fingerprint density at radius 1 is 1.48 bits per heavy atom. The summed E-state index contributed by atoms with van der Waals surface area (Å²) in [5.41, 5.74) is 1.65. The van der Waals surface area contributed by atoms with Gasteiger partial charge in [0.15, 0.2) is 0 Å². The largest absolute Gasteiger partial charge is 0.354 e. The fraction of sp³-hybridized carbons (Fsp3) is 0.500. The maximum atomic E-state index is 12.8. The first kappa shape index (κ1) is 15.5. The molecule has 1 aliphatic heterocycles. The third-order valence-corrected chi connectivity index (χ3v) is 4.13. The van der Waals surface area contributed by atoms with E-state index in [1.165, 1.54) is 6.20 Å². The van der Waals surface area contributed by atoms with Gasteiger partial charge in [-0.05, 0) is 25.3 Å². The Morgan fingerprint density at radius 2 is 2.26 bits per heavy atom. The molecule has 0 bridgehead atoms. The predicted molar refractivity (Wildman–Crippen MR) is 84.0 cm³/mol. The summed E-state index contributed by atoms with van der Waals surface area (Å²) in [5.74, 6) is -0.149. The van der Waals surface area contributed by atoms with Crippen LogP contribution in [0, 0.1) is 0 Å². The van der Waals surface area contributed by atoms with Crippen molar-refractivity contribution in [1.29, 1.82) is 0 Å². The molecule has 2 amide bonds. The standard InChI is InChI=1S/C16H20N4O3/c1-9(2)13-12-7-11(8-18-15(12)23-19-13)16(22)20-6-4-5-17-14(21)10(20)3/h7-10H,4-6H2,1-3H3,(H,17,21)/t10-/m0/s1. The monoisotopic (exact) mass is 316 g/mol. The first-order valence-corrected chi connectivity index (χ1v) is 7.83. The lowest BCUT2D eigenvalue weighted by atomic mass is 10.1. The minimum atomic E-state index is -0.493. The van der Waals surface area contributed by atoms with Crippen molar-refractivity contribution in [2.75, 3.05) is 13.1 Å². The first-order chi connectivity index (χ1) is 11.0. The highest BCUT2D eigenvalue weighted by Crippen LogP contribution is 2.24. The van der Waals surface area contributed by atoms with Gasteiger partial charge in [0, 0.05) is 19.3 Å². The Bertz CT molecular complexity index is 753. The zero-order valence-electron chi connectivity index (χ0n) is 13.5. The maximum Gasteiger partial charge on any atom is 0.257 e. The van der Waals surface area contributed by atoms with Crippen LogP contribution in [-0.4, -0.2) is 46.0 Å². The predicted octanol–water partition coefficient (Wildman–Crippen LogP) is 1.70. The van der Waals surface area contributed by atoms with Gasteiger partial charge < -0.3 is 14.7 Å². The molecule has 0 aliphatic carbocycles. The normalized spacial score (nSPS) is 19.0. The van der Waals surface area contributed by atoms with Gasteiger partial charge in [0.1, 0.15) is 6.04 Å². The molecule has 1 N–H and O–H groups in total. The molecular weight excluding hydrogens is 296 g/mol. The molecule has 1 aliphatic rings. The van der Waals surface area contributed by atoms with Gasteiger partial charge in [0.05, 0.1) is 16.6 Å². The molecule has 0 saturated carbocycles. The van der Waals surface area contributed by atoms with Crippen LogP contribution in [0.3, 0.4) is 0 Å². The summed E-state index contributed by atoms with van der Waals surface area (Å²) in [5, 5.41) is 7.58. The Morgan fingerprint density at radius 3 is 3.00 bits per heavy atom. The number of hydrogen-bond donors (Lipinski definition) is 1. The zero-order valence-corrected chi connectivity index (χ0v) is 13.5. The van der Waals surface area contributed by atoms with Crippen LogP contribution in [0.15, 0.2) is 16.8 Å². The number of nitrogens with one attached hydrogen (secondary N) is 1. The number of aromatic nitrogens is 2. The van der Waals surface area contributed by atoms with E-state index in [9.17, 15) is 9.59 Å². The third kappa shape index (κ3) is 2.78. The summed E-state index contributed by atoms with van der Waals surface area (Å²) in [6.07, 6.45) is 2.22. The third-order valence-electron chi connectivity index (χ3n) is 4.13. The molecule has 0 spiro atoms. The lowest BCUT2D eigenvalue weighted by Gasteiger charge is -2.25. The van der Waals surface area contributed by atoms with Crippen LogP contribution in [0.25, 0.3) is 11.1 Å². The molecule has 7 nitrogen and oxygen atoms in total. The van der Waals surface area contributed by atoms with Crippen molar-refractivity contribution >= 4 is 22.9 Å². The molecule has 3 heterocycles. The van der Waals surface area contributed by atoms with E-state index >= 15 is 0 Å². The number of pyridine rings is 1. The van der Waals surface area contributed by atoms with E-state index < -0.39 is 6.04 Å². The van der Waals surface area contributed by atoms with Gasteiger partial charge in [0.2, 0.25) is 5.91 Å².